The third-order valence-corrected chi connectivity index (χ3v) is 4.51. The Labute approximate surface area is 159 Å². The number of hydrogen-bond donors (Lipinski definition) is 2. The third-order valence-electron chi connectivity index (χ3n) is 4.25. The number of benzene rings is 1. The highest BCUT2D eigenvalue weighted by molar-refractivity contribution is 7.17. The monoisotopic (exact) mass is 410 g/mol. The van der Waals surface area contributed by atoms with E-state index in [-0.39, 0.29) is 31.8 Å². The molecule has 0 heterocycles. The summed E-state index contributed by atoms with van der Waals surface area (Å²) in [5.74, 6) is -0.181. The second-order valence-corrected chi connectivity index (χ2v) is 7.09. The minimum Gasteiger partial charge on any atom is -0.493 e. The summed E-state index contributed by atoms with van der Waals surface area (Å²) in [7, 11) is -1.01. The molecule has 0 radical (unpaired) electrons. The number of aliphatic hydroxyl groups excluding tert-OH is 1. The van der Waals surface area contributed by atoms with Gasteiger partial charge in [0.1, 0.15) is 12.4 Å². The molecule has 0 saturated heterocycles. The molecule has 0 bridgehead atoms. The molecule has 1 aromatic carbocycles. The normalized spacial score (nSPS) is 14.3. The third kappa shape index (κ3) is 8.56. The Hall–Kier alpha value is -1.21. The number of aryl methyl sites for hydroxylation is 1. The topological polar surface area (TPSA) is 81.8 Å². The summed E-state index contributed by atoms with van der Waals surface area (Å²) < 4.78 is 60.6. The van der Waals surface area contributed by atoms with Crippen molar-refractivity contribution in [1.82, 2.24) is 0 Å². The molecule has 154 valence electrons. The Morgan fingerprint density at radius 1 is 1.22 bits per heavy atom. The first kappa shape index (κ1) is 23.8. The summed E-state index contributed by atoms with van der Waals surface area (Å²) in [6, 6.07) is 3.94. The fraction of sp³-hybridized carbons (Fsp3) is 0.667. The second kappa shape index (κ2) is 11.6. The van der Waals surface area contributed by atoms with Gasteiger partial charge in [-0.05, 0) is 41.5 Å². The molecule has 3 N–H and O–H groups in total. The van der Waals surface area contributed by atoms with Crippen LogP contribution < -0.4 is 10.5 Å². The van der Waals surface area contributed by atoms with Crippen LogP contribution in [0.1, 0.15) is 50.2 Å². The Bertz CT molecular complexity index is 586. The van der Waals surface area contributed by atoms with Gasteiger partial charge in [0.2, 0.25) is 0 Å². The molecule has 0 fully saturated rings. The number of rotatable bonds is 13. The van der Waals surface area contributed by atoms with E-state index in [1.807, 2.05) is 0 Å². The molecule has 0 saturated carbocycles. The van der Waals surface area contributed by atoms with Crippen LogP contribution in [0.15, 0.2) is 18.2 Å². The maximum Gasteiger partial charge on any atom is 0.494 e. The van der Waals surface area contributed by atoms with Gasteiger partial charge in [0, 0.05) is 0 Å². The summed E-state index contributed by atoms with van der Waals surface area (Å²) in [4.78, 5) is 0. The van der Waals surface area contributed by atoms with Crippen LogP contribution in [0, 0.1) is 0 Å². The Morgan fingerprint density at radius 2 is 1.96 bits per heavy atom. The van der Waals surface area contributed by atoms with E-state index >= 15 is 0 Å². The van der Waals surface area contributed by atoms with E-state index in [9.17, 15) is 22.8 Å². The Kier molecular flexibility index (Phi) is 10.2. The maximum atomic E-state index is 13.4. The zero-order valence-electron chi connectivity index (χ0n) is 15.5. The van der Waals surface area contributed by atoms with Crippen molar-refractivity contribution in [3.8, 4) is 5.75 Å². The zero-order chi connectivity index (χ0) is 20.3. The van der Waals surface area contributed by atoms with Gasteiger partial charge in [-0.25, -0.2) is 0 Å². The largest absolute Gasteiger partial charge is 0.494 e. The number of aliphatic hydroxyl groups is 1. The smallest absolute Gasteiger partial charge is 0.493 e. The van der Waals surface area contributed by atoms with E-state index in [1.54, 1.807) is 6.07 Å². The molecule has 0 aliphatic heterocycles. The Balaban J connectivity index is 2.81. The van der Waals surface area contributed by atoms with Gasteiger partial charge >= 0.3 is 14.9 Å². The van der Waals surface area contributed by atoms with Gasteiger partial charge in [-0.15, -0.1) is 4.52 Å². The van der Waals surface area contributed by atoms with Crippen molar-refractivity contribution >= 4 is 8.69 Å². The van der Waals surface area contributed by atoms with Crippen molar-refractivity contribution in [2.45, 2.75) is 57.2 Å². The van der Waals surface area contributed by atoms with Crippen LogP contribution in [0.25, 0.3) is 0 Å². The summed E-state index contributed by atoms with van der Waals surface area (Å²) in [5, 5.41) is 9.37. The van der Waals surface area contributed by atoms with Crippen LogP contribution in [-0.2, 0) is 21.7 Å². The lowest BCUT2D eigenvalue weighted by atomic mass is 9.93. The average Bonchev–Trinajstić information content (AvgIpc) is 2.64. The predicted molar refractivity (Wildman–Crippen MR) is 98.4 cm³/mol. The van der Waals surface area contributed by atoms with Crippen LogP contribution in [-0.4, -0.2) is 30.5 Å². The number of alkyl halides is 3. The van der Waals surface area contributed by atoms with E-state index in [2.05, 4.69) is 6.92 Å². The molecule has 1 aromatic rings. The molecule has 2 unspecified atom stereocenters. The molecule has 5 nitrogen and oxygen atoms in total. The molecule has 0 amide bonds. The van der Waals surface area contributed by atoms with Gasteiger partial charge in [0.15, 0.2) is 0 Å². The van der Waals surface area contributed by atoms with E-state index in [4.69, 9.17) is 15.0 Å². The molecular weight excluding hydrogens is 382 g/mol. The number of hydrogen-bond acceptors (Lipinski definition) is 5. The number of ether oxygens (including phenoxy) is 1. The van der Waals surface area contributed by atoms with Crippen LogP contribution >= 0.6 is 8.69 Å². The quantitative estimate of drug-likeness (QED) is 0.375. The van der Waals surface area contributed by atoms with Crippen molar-refractivity contribution in [2.24, 2.45) is 5.73 Å². The molecule has 0 spiro atoms. The van der Waals surface area contributed by atoms with Crippen molar-refractivity contribution in [2.75, 3.05) is 19.8 Å². The minimum absolute atomic E-state index is 0.142. The molecule has 27 heavy (non-hydrogen) atoms. The van der Waals surface area contributed by atoms with E-state index in [0.717, 1.165) is 25.3 Å². The molecule has 0 aromatic heterocycles. The molecule has 0 aliphatic rings. The van der Waals surface area contributed by atoms with E-state index < -0.39 is 32.6 Å². The number of halogens is 3. The summed E-state index contributed by atoms with van der Waals surface area (Å²) in [5.41, 5.74) is 4.38. The average molecular weight is 410 g/mol. The van der Waals surface area contributed by atoms with Gasteiger partial charge in [0.25, 0.3) is 0 Å². The first-order valence-corrected chi connectivity index (χ1v) is 9.79. The summed E-state index contributed by atoms with van der Waals surface area (Å²) >= 11 is 0. The van der Waals surface area contributed by atoms with Gasteiger partial charge in [-0.2, -0.15) is 13.2 Å². The lowest BCUT2D eigenvalue weighted by Gasteiger charge is -2.24. The number of unbranched alkanes of at least 4 members (excludes halogenated alkanes) is 3. The fourth-order valence-corrected chi connectivity index (χ4v) is 2.90. The summed E-state index contributed by atoms with van der Waals surface area (Å²) in [6.45, 7) is 1.73. The van der Waals surface area contributed by atoms with Gasteiger partial charge in [-0.3, -0.25) is 0 Å². The lowest BCUT2D eigenvalue weighted by Crippen LogP contribution is -2.47. The van der Waals surface area contributed by atoms with E-state index in [1.165, 1.54) is 6.07 Å². The standard InChI is InChI=1S/C18H28F3NO4P/c1-2-3-4-5-10-25-16-7-6-14(11-15(16)18(19,20)21)8-9-17(22,12-23)13-26-27-24/h6-7,11,23,27H,2-5,8-10,12-13,22H2,1H3/q+1. The Morgan fingerprint density at radius 3 is 2.56 bits per heavy atom. The van der Waals surface area contributed by atoms with Crippen LogP contribution in [0.3, 0.4) is 0 Å². The molecule has 1 rings (SSSR count). The van der Waals surface area contributed by atoms with Gasteiger partial charge in [-0.1, -0.05) is 32.3 Å². The lowest BCUT2D eigenvalue weighted by molar-refractivity contribution is -0.139. The highest BCUT2D eigenvalue weighted by Gasteiger charge is 2.35. The highest BCUT2D eigenvalue weighted by atomic mass is 31.1. The van der Waals surface area contributed by atoms with Crippen molar-refractivity contribution in [3.63, 3.8) is 0 Å². The van der Waals surface area contributed by atoms with Crippen LogP contribution in [0.5, 0.6) is 5.75 Å². The zero-order valence-corrected chi connectivity index (χ0v) is 16.5. The molecular formula is C18H28F3NO4P+. The highest BCUT2D eigenvalue weighted by Crippen LogP contribution is 2.37. The van der Waals surface area contributed by atoms with Crippen LogP contribution in [0.4, 0.5) is 13.2 Å². The van der Waals surface area contributed by atoms with Crippen LogP contribution in [0.2, 0.25) is 0 Å². The fourth-order valence-electron chi connectivity index (χ4n) is 2.55. The van der Waals surface area contributed by atoms with E-state index in [0.29, 0.717) is 12.0 Å². The molecule has 9 heteroatoms. The summed E-state index contributed by atoms with van der Waals surface area (Å²) in [6.07, 6.45) is -0.444. The van der Waals surface area contributed by atoms with Gasteiger partial charge in [0.05, 0.1) is 24.3 Å². The second-order valence-electron chi connectivity index (χ2n) is 6.63. The number of nitrogens with two attached hydrogens (primary N) is 1. The SMILES string of the molecule is CCCCCCOc1ccc(CCC(N)(CO)CO[PH+]=O)cc1C(F)(F)F. The first-order valence-electron chi connectivity index (χ1n) is 8.97. The first-order chi connectivity index (χ1) is 12.8. The van der Waals surface area contributed by atoms with Crippen molar-refractivity contribution in [1.29, 1.82) is 0 Å². The van der Waals surface area contributed by atoms with Gasteiger partial charge < -0.3 is 15.6 Å². The predicted octanol–water partition coefficient (Wildman–Crippen LogP) is 4.24. The van der Waals surface area contributed by atoms with Crippen molar-refractivity contribution < 1.29 is 32.1 Å². The maximum absolute atomic E-state index is 13.4. The van der Waals surface area contributed by atoms with Crippen molar-refractivity contribution in [3.05, 3.63) is 29.3 Å². The minimum atomic E-state index is -4.53. The molecule has 2 atom stereocenters. The molecule has 0 aliphatic carbocycles.